The Morgan fingerprint density at radius 1 is 1.04 bits per heavy atom. The fourth-order valence-electron chi connectivity index (χ4n) is 2.48. The van der Waals surface area contributed by atoms with Crippen LogP contribution in [0.4, 0.5) is 17.1 Å². The molecule has 130 valence electrons. The molecule has 1 aliphatic heterocycles. The maximum atomic E-state index is 12.0. The van der Waals surface area contributed by atoms with Gasteiger partial charge in [-0.3, -0.25) is 18.9 Å². The van der Waals surface area contributed by atoms with E-state index in [1.165, 1.54) is 16.6 Å². The van der Waals surface area contributed by atoms with E-state index in [0.29, 0.717) is 30.0 Å². The van der Waals surface area contributed by atoms with Crippen LogP contribution in [0.15, 0.2) is 48.8 Å². The van der Waals surface area contributed by atoms with Crippen molar-refractivity contribution >= 4 is 38.9 Å². The average molecular weight is 360 g/mol. The zero-order valence-electron chi connectivity index (χ0n) is 13.2. The largest absolute Gasteiger partial charge is 0.318 e. The Labute approximate surface area is 144 Å². The second-order valence-electron chi connectivity index (χ2n) is 5.44. The van der Waals surface area contributed by atoms with E-state index in [-0.39, 0.29) is 5.75 Å². The lowest BCUT2D eigenvalue weighted by molar-refractivity contribution is -0.133. The number of hydrogen-bond donors (Lipinski definition) is 2. The maximum Gasteiger partial charge on any atom is 0.314 e. The Hall–Kier alpha value is -2.94. The molecule has 0 spiro atoms. The molecule has 2 N–H and O–H groups in total. The average Bonchev–Trinajstić information content (AvgIpc) is 2.95. The van der Waals surface area contributed by atoms with Crippen molar-refractivity contribution in [3.05, 3.63) is 48.8 Å². The van der Waals surface area contributed by atoms with E-state index in [9.17, 15) is 18.0 Å². The van der Waals surface area contributed by atoms with Gasteiger partial charge in [0, 0.05) is 18.4 Å². The summed E-state index contributed by atoms with van der Waals surface area (Å²) in [5.41, 5.74) is 1.20. The Balaban J connectivity index is 1.69. The molecule has 2 aromatic rings. The van der Waals surface area contributed by atoms with E-state index >= 15 is 0 Å². The zero-order valence-corrected chi connectivity index (χ0v) is 14.0. The number of carbonyl (C=O) groups is 2. The number of sulfonamides is 1. The van der Waals surface area contributed by atoms with Gasteiger partial charge in [0.15, 0.2) is 0 Å². The van der Waals surface area contributed by atoms with Crippen molar-refractivity contribution in [3.8, 4) is 0 Å². The van der Waals surface area contributed by atoms with Crippen molar-refractivity contribution in [1.82, 2.24) is 4.98 Å². The van der Waals surface area contributed by atoms with Crippen LogP contribution >= 0.6 is 0 Å². The third-order valence-electron chi connectivity index (χ3n) is 3.62. The Morgan fingerprint density at radius 2 is 1.76 bits per heavy atom. The van der Waals surface area contributed by atoms with Crippen molar-refractivity contribution < 1.29 is 18.0 Å². The second-order valence-corrected chi connectivity index (χ2v) is 7.45. The summed E-state index contributed by atoms with van der Waals surface area (Å²) in [7, 11) is -3.31. The first kappa shape index (κ1) is 16.9. The number of nitrogens with one attached hydrogen (secondary N) is 2. The van der Waals surface area contributed by atoms with Crippen LogP contribution in [0.3, 0.4) is 0 Å². The van der Waals surface area contributed by atoms with E-state index in [1.54, 1.807) is 36.5 Å². The summed E-state index contributed by atoms with van der Waals surface area (Å²) in [5, 5.41) is 4.89. The van der Waals surface area contributed by atoms with Gasteiger partial charge < -0.3 is 10.6 Å². The number of carbonyl (C=O) groups excluding carboxylic acids is 2. The molecule has 1 aromatic carbocycles. The summed E-state index contributed by atoms with van der Waals surface area (Å²) in [6.07, 6.45) is 3.53. The summed E-state index contributed by atoms with van der Waals surface area (Å²) < 4.78 is 25.3. The fraction of sp³-hybridized carbons (Fsp3) is 0.188. The van der Waals surface area contributed by atoms with Crippen molar-refractivity contribution in [1.29, 1.82) is 0 Å². The molecule has 9 heteroatoms. The Morgan fingerprint density at radius 3 is 2.40 bits per heavy atom. The van der Waals surface area contributed by atoms with E-state index in [0.717, 1.165) is 0 Å². The molecule has 3 rings (SSSR count). The van der Waals surface area contributed by atoms with Crippen molar-refractivity contribution in [2.75, 3.05) is 27.2 Å². The number of amides is 2. The van der Waals surface area contributed by atoms with E-state index in [1.807, 2.05) is 0 Å². The Kier molecular flexibility index (Phi) is 4.66. The topological polar surface area (TPSA) is 108 Å². The molecule has 1 fully saturated rings. The number of nitrogens with zero attached hydrogens (tertiary/aromatic N) is 2. The van der Waals surface area contributed by atoms with E-state index in [4.69, 9.17) is 0 Å². The van der Waals surface area contributed by atoms with Gasteiger partial charge in [-0.2, -0.15) is 0 Å². The summed E-state index contributed by atoms with van der Waals surface area (Å²) in [6, 6.07) is 9.62. The number of benzene rings is 1. The SMILES string of the molecule is O=C(Nc1cccnc1)C(=O)Nc1cccc(N2CCCS2(=O)=O)c1. The molecule has 2 amide bonds. The second kappa shape index (κ2) is 6.89. The molecule has 1 saturated heterocycles. The van der Waals surface area contributed by atoms with Gasteiger partial charge in [0.1, 0.15) is 0 Å². The van der Waals surface area contributed by atoms with Crippen LogP contribution in [0.25, 0.3) is 0 Å². The number of rotatable bonds is 3. The highest BCUT2D eigenvalue weighted by molar-refractivity contribution is 7.93. The van der Waals surface area contributed by atoms with Gasteiger partial charge in [-0.05, 0) is 36.8 Å². The number of hydrogen-bond acceptors (Lipinski definition) is 5. The zero-order chi connectivity index (χ0) is 17.9. The van der Waals surface area contributed by atoms with Crippen LogP contribution < -0.4 is 14.9 Å². The lowest BCUT2D eigenvalue weighted by atomic mass is 10.2. The first-order chi connectivity index (χ1) is 12.0. The minimum absolute atomic E-state index is 0.108. The molecule has 0 atom stereocenters. The molecular weight excluding hydrogens is 344 g/mol. The minimum Gasteiger partial charge on any atom is -0.318 e. The molecular formula is C16H16N4O4S. The van der Waals surface area contributed by atoms with Crippen molar-refractivity contribution in [3.63, 3.8) is 0 Å². The van der Waals surface area contributed by atoms with Crippen LogP contribution in [-0.2, 0) is 19.6 Å². The predicted molar refractivity (Wildman–Crippen MR) is 93.7 cm³/mol. The Bertz CT molecular complexity index is 899. The molecule has 0 saturated carbocycles. The lowest BCUT2D eigenvalue weighted by Crippen LogP contribution is -2.29. The molecule has 1 aliphatic rings. The van der Waals surface area contributed by atoms with Gasteiger partial charge in [0.05, 0.1) is 23.3 Å². The van der Waals surface area contributed by atoms with Crippen LogP contribution in [-0.4, -0.2) is 37.5 Å². The highest BCUT2D eigenvalue weighted by Crippen LogP contribution is 2.26. The lowest BCUT2D eigenvalue weighted by Gasteiger charge is -2.17. The quantitative estimate of drug-likeness (QED) is 0.800. The van der Waals surface area contributed by atoms with Crippen LogP contribution in [0, 0.1) is 0 Å². The summed E-state index contributed by atoms with van der Waals surface area (Å²) in [5.74, 6) is -1.59. The van der Waals surface area contributed by atoms with Gasteiger partial charge in [-0.1, -0.05) is 6.07 Å². The van der Waals surface area contributed by atoms with Gasteiger partial charge in [0.2, 0.25) is 10.0 Å². The number of aromatic nitrogens is 1. The number of anilines is 3. The highest BCUT2D eigenvalue weighted by atomic mass is 32.2. The monoisotopic (exact) mass is 360 g/mol. The molecule has 8 nitrogen and oxygen atoms in total. The molecule has 0 unspecified atom stereocenters. The first-order valence-corrected chi connectivity index (χ1v) is 9.19. The standard InChI is InChI=1S/C16H16N4O4S/c21-15(16(22)19-13-5-2-7-17-11-13)18-12-4-1-6-14(10-12)20-8-3-9-25(20,23)24/h1-2,4-7,10-11H,3,8-9H2,(H,18,21)(H,19,22). The number of pyridine rings is 1. The maximum absolute atomic E-state index is 12.0. The van der Waals surface area contributed by atoms with Crippen LogP contribution in [0.5, 0.6) is 0 Å². The van der Waals surface area contributed by atoms with Gasteiger partial charge in [-0.25, -0.2) is 8.42 Å². The summed E-state index contributed by atoms with van der Waals surface area (Å²) >= 11 is 0. The predicted octanol–water partition coefficient (Wildman–Crippen LogP) is 1.20. The molecule has 0 bridgehead atoms. The molecule has 0 aliphatic carbocycles. The van der Waals surface area contributed by atoms with E-state index in [2.05, 4.69) is 15.6 Å². The van der Waals surface area contributed by atoms with Crippen molar-refractivity contribution in [2.45, 2.75) is 6.42 Å². The van der Waals surface area contributed by atoms with Gasteiger partial charge in [0.25, 0.3) is 0 Å². The minimum atomic E-state index is -3.31. The smallest absolute Gasteiger partial charge is 0.314 e. The van der Waals surface area contributed by atoms with Gasteiger partial charge in [-0.15, -0.1) is 0 Å². The molecule has 1 aromatic heterocycles. The molecule has 0 radical (unpaired) electrons. The normalized spacial score (nSPS) is 15.6. The van der Waals surface area contributed by atoms with Crippen molar-refractivity contribution in [2.24, 2.45) is 0 Å². The van der Waals surface area contributed by atoms with Crippen LogP contribution in [0.1, 0.15) is 6.42 Å². The van der Waals surface area contributed by atoms with Gasteiger partial charge >= 0.3 is 11.8 Å². The fourth-order valence-corrected chi connectivity index (χ4v) is 4.04. The third-order valence-corrected chi connectivity index (χ3v) is 5.49. The van der Waals surface area contributed by atoms with E-state index < -0.39 is 21.8 Å². The third kappa shape index (κ3) is 3.94. The summed E-state index contributed by atoms with van der Waals surface area (Å²) in [4.78, 5) is 27.7. The van der Waals surface area contributed by atoms with Crippen LogP contribution in [0.2, 0.25) is 0 Å². The molecule has 25 heavy (non-hydrogen) atoms. The molecule has 2 heterocycles. The first-order valence-electron chi connectivity index (χ1n) is 7.58. The highest BCUT2D eigenvalue weighted by Gasteiger charge is 2.28. The summed E-state index contributed by atoms with van der Waals surface area (Å²) in [6.45, 7) is 0.404.